The van der Waals surface area contributed by atoms with Gasteiger partial charge < -0.3 is 26.0 Å². The normalized spacial score (nSPS) is 29.8. The van der Waals surface area contributed by atoms with Crippen LogP contribution in [0.3, 0.4) is 0 Å². The van der Waals surface area contributed by atoms with Crippen molar-refractivity contribution < 1.29 is 19.5 Å². The molecular formula is C19H24N4O4S. The van der Waals surface area contributed by atoms with Crippen molar-refractivity contribution in [3.05, 3.63) is 29.3 Å². The summed E-state index contributed by atoms with van der Waals surface area (Å²) in [6, 6.07) is 5.48. The van der Waals surface area contributed by atoms with Crippen LogP contribution in [-0.2, 0) is 22.6 Å². The topological polar surface area (TPSA) is 111 Å². The maximum Gasteiger partial charge on any atom is 0.315 e. The Bertz CT molecular complexity index is 817. The summed E-state index contributed by atoms with van der Waals surface area (Å²) in [5.74, 6) is 0.140. The molecule has 3 heterocycles. The largest absolute Gasteiger partial charge is 0.391 e. The Morgan fingerprint density at radius 1 is 1.29 bits per heavy atom. The molecule has 3 aliphatic heterocycles. The fourth-order valence-corrected chi connectivity index (χ4v) is 5.35. The Hall–Kier alpha value is -2.26. The monoisotopic (exact) mass is 404 g/mol. The van der Waals surface area contributed by atoms with E-state index in [-0.39, 0.29) is 35.7 Å². The van der Waals surface area contributed by atoms with Crippen LogP contribution in [0.25, 0.3) is 0 Å². The van der Waals surface area contributed by atoms with E-state index in [1.165, 1.54) is 11.8 Å². The Labute approximate surface area is 167 Å². The highest BCUT2D eigenvalue weighted by Gasteiger charge is 2.38. The van der Waals surface area contributed by atoms with Crippen molar-refractivity contribution in [1.29, 1.82) is 0 Å². The Balaban J connectivity index is 1.44. The lowest BCUT2D eigenvalue weighted by Gasteiger charge is -2.38. The molecule has 4 rings (SSSR count). The first-order valence-electron chi connectivity index (χ1n) is 9.47. The van der Waals surface area contributed by atoms with Crippen molar-refractivity contribution in [3.8, 4) is 0 Å². The van der Waals surface area contributed by atoms with Gasteiger partial charge in [-0.3, -0.25) is 9.59 Å². The van der Waals surface area contributed by atoms with Crippen LogP contribution in [0, 0.1) is 5.92 Å². The van der Waals surface area contributed by atoms with Crippen LogP contribution in [0.15, 0.2) is 18.2 Å². The van der Waals surface area contributed by atoms with E-state index < -0.39 is 11.4 Å². The molecule has 0 saturated carbocycles. The van der Waals surface area contributed by atoms with Gasteiger partial charge in [-0.2, -0.15) is 0 Å². The molecule has 4 amide bonds. The van der Waals surface area contributed by atoms with Gasteiger partial charge >= 0.3 is 6.03 Å². The maximum absolute atomic E-state index is 13.0. The molecule has 1 aromatic carbocycles. The molecule has 1 aromatic rings. The van der Waals surface area contributed by atoms with E-state index in [1.54, 1.807) is 4.90 Å². The first kappa shape index (κ1) is 19.1. The van der Waals surface area contributed by atoms with Gasteiger partial charge in [-0.05, 0) is 23.6 Å². The molecular weight excluding hydrogens is 380 g/mol. The van der Waals surface area contributed by atoms with E-state index >= 15 is 0 Å². The van der Waals surface area contributed by atoms with Crippen molar-refractivity contribution in [2.24, 2.45) is 5.92 Å². The van der Waals surface area contributed by atoms with E-state index in [4.69, 9.17) is 0 Å². The summed E-state index contributed by atoms with van der Waals surface area (Å²) < 4.78 is 0. The minimum absolute atomic E-state index is 0.0220. The molecule has 3 aliphatic rings. The first-order chi connectivity index (χ1) is 13.4. The minimum atomic E-state index is -0.597. The number of piperidine rings is 1. The molecule has 0 bridgehead atoms. The smallest absolute Gasteiger partial charge is 0.315 e. The zero-order valence-electron chi connectivity index (χ0n) is 15.6. The van der Waals surface area contributed by atoms with Crippen LogP contribution < -0.4 is 16.0 Å². The molecule has 0 spiro atoms. The molecule has 4 atom stereocenters. The summed E-state index contributed by atoms with van der Waals surface area (Å²) >= 11 is 1.42. The van der Waals surface area contributed by atoms with Gasteiger partial charge in [-0.1, -0.05) is 19.1 Å². The Kier molecular flexibility index (Phi) is 5.20. The van der Waals surface area contributed by atoms with Gasteiger partial charge in [0.05, 0.1) is 23.1 Å². The maximum atomic E-state index is 13.0. The molecule has 2 saturated heterocycles. The van der Waals surface area contributed by atoms with Gasteiger partial charge in [-0.15, -0.1) is 11.8 Å². The number of urea groups is 1. The second-order valence-corrected chi connectivity index (χ2v) is 9.05. The molecule has 28 heavy (non-hydrogen) atoms. The quantitative estimate of drug-likeness (QED) is 0.589. The highest BCUT2D eigenvalue weighted by atomic mass is 32.2. The van der Waals surface area contributed by atoms with Crippen LogP contribution >= 0.6 is 11.8 Å². The van der Waals surface area contributed by atoms with Crippen LogP contribution in [-0.4, -0.2) is 57.7 Å². The molecule has 2 fully saturated rings. The number of hydrogen-bond donors (Lipinski definition) is 4. The van der Waals surface area contributed by atoms with Gasteiger partial charge in [0.2, 0.25) is 11.8 Å². The van der Waals surface area contributed by atoms with Crippen molar-refractivity contribution in [3.63, 3.8) is 0 Å². The number of carbonyl (C=O) groups is 3. The predicted octanol–water partition coefficient (Wildman–Crippen LogP) is 0.651. The van der Waals surface area contributed by atoms with Crippen LogP contribution in [0.4, 0.5) is 10.5 Å². The number of amides is 4. The molecule has 0 radical (unpaired) electrons. The fourth-order valence-electron chi connectivity index (χ4n) is 3.86. The SMILES string of the molecule is CC1CNC(=O)NC1S[C@H]1CC(O)CN(Cc2ccc3c(c2)CC(=O)N3)C1=O. The molecule has 0 aliphatic carbocycles. The van der Waals surface area contributed by atoms with Gasteiger partial charge in [0, 0.05) is 31.2 Å². The van der Waals surface area contributed by atoms with E-state index in [0.29, 0.717) is 25.9 Å². The number of thioether (sulfide) groups is 1. The summed E-state index contributed by atoms with van der Waals surface area (Å²) in [7, 11) is 0. The summed E-state index contributed by atoms with van der Waals surface area (Å²) in [6.45, 7) is 3.27. The number of anilines is 1. The minimum Gasteiger partial charge on any atom is -0.391 e. The summed E-state index contributed by atoms with van der Waals surface area (Å²) in [5.41, 5.74) is 2.69. The van der Waals surface area contributed by atoms with Crippen molar-refractivity contribution in [2.75, 3.05) is 18.4 Å². The van der Waals surface area contributed by atoms with Gasteiger partial charge in [0.25, 0.3) is 0 Å². The second kappa shape index (κ2) is 7.63. The lowest BCUT2D eigenvalue weighted by atomic mass is 10.0. The lowest BCUT2D eigenvalue weighted by molar-refractivity contribution is -0.136. The second-order valence-electron chi connectivity index (χ2n) is 7.70. The summed E-state index contributed by atoms with van der Waals surface area (Å²) in [6.07, 6.45) is 0.140. The molecule has 9 heteroatoms. The third-order valence-electron chi connectivity index (χ3n) is 5.36. The number of β-amino-alcohol motifs (C(OH)–C–C–N with tert-alkyl or cyclic N) is 1. The lowest BCUT2D eigenvalue weighted by Crippen LogP contribution is -2.55. The van der Waals surface area contributed by atoms with Gasteiger partial charge in [0.1, 0.15) is 0 Å². The van der Waals surface area contributed by atoms with E-state index in [0.717, 1.165) is 16.8 Å². The number of benzene rings is 1. The van der Waals surface area contributed by atoms with Crippen LogP contribution in [0.5, 0.6) is 0 Å². The fraction of sp³-hybridized carbons (Fsp3) is 0.526. The highest BCUT2D eigenvalue weighted by Crippen LogP contribution is 2.32. The molecule has 150 valence electrons. The number of aliphatic hydroxyl groups is 1. The molecule has 0 aromatic heterocycles. The number of rotatable bonds is 4. The Morgan fingerprint density at radius 2 is 2.11 bits per heavy atom. The van der Waals surface area contributed by atoms with Gasteiger partial charge in [0.15, 0.2) is 0 Å². The Morgan fingerprint density at radius 3 is 2.93 bits per heavy atom. The number of carbonyl (C=O) groups excluding carboxylic acids is 3. The zero-order valence-corrected chi connectivity index (χ0v) is 16.4. The molecule has 4 N–H and O–H groups in total. The van der Waals surface area contributed by atoms with Crippen LogP contribution in [0.1, 0.15) is 24.5 Å². The van der Waals surface area contributed by atoms with E-state index in [2.05, 4.69) is 16.0 Å². The summed E-state index contributed by atoms with van der Waals surface area (Å²) in [5, 5.41) is 18.2. The third-order valence-corrected chi connectivity index (χ3v) is 6.96. The molecule has 3 unspecified atom stereocenters. The van der Waals surface area contributed by atoms with Crippen molar-refractivity contribution >= 4 is 35.3 Å². The van der Waals surface area contributed by atoms with Crippen LogP contribution in [0.2, 0.25) is 0 Å². The number of aliphatic hydroxyl groups excluding tert-OH is 1. The van der Waals surface area contributed by atoms with Crippen molar-refractivity contribution in [1.82, 2.24) is 15.5 Å². The number of likely N-dealkylation sites (tertiary alicyclic amines) is 1. The third kappa shape index (κ3) is 3.95. The summed E-state index contributed by atoms with van der Waals surface area (Å²) in [4.78, 5) is 37.8. The standard InChI is InChI=1S/C19H24N4O4S/c1-10-7-20-19(27)22-17(10)28-15-6-13(24)9-23(18(15)26)8-11-2-3-14-12(4-11)5-16(25)21-14/h2-4,10,13,15,17,24H,5-9H2,1H3,(H,21,25)(H2,20,22,27)/t10?,13?,15-,17?/m0/s1. The average Bonchev–Trinajstić information content (AvgIpc) is 3.01. The van der Waals surface area contributed by atoms with Gasteiger partial charge in [-0.25, -0.2) is 4.79 Å². The number of fused-ring (bicyclic) bond motifs is 1. The highest BCUT2D eigenvalue weighted by molar-refractivity contribution is 8.01. The number of nitrogens with one attached hydrogen (secondary N) is 3. The predicted molar refractivity (Wildman–Crippen MR) is 106 cm³/mol. The van der Waals surface area contributed by atoms with E-state index in [1.807, 2.05) is 25.1 Å². The van der Waals surface area contributed by atoms with E-state index in [9.17, 15) is 19.5 Å². The average molecular weight is 404 g/mol. The first-order valence-corrected chi connectivity index (χ1v) is 10.4. The number of nitrogens with zero attached hydrogens (tertiary/aromatic N) is 1. The van der Waals surface area contributed by atoms with Crippen molar-refractivity contribution in [2.45, 2.75) is 43.0 Å². The molecule has 8 nitrogen and oxygen atoms in total. The number of hydrogen-bond acceptors (Lipinski definition) is 5. The zero-order chi connectivity index (χ0) is 19.8.